The van der Waals surface area contributed by atoms with Crippen molar-refractivity contribution in [3.63, 3.8) is 0 Å². The highest BCUT2D eigenvalue weighted by Crippen LogP contribution is 2.20. The monoisotopic (exact) mass is 139 g/mol. The second-order valence-corrected chi connectivity index (χ2v) is 4.13. The molecule has 0 amide bonds. The van der Waals surface area contributed by atoms with Crippen molar-refractivity contribution >= 4 is 17.2 Å². The lowest BCUT2D eigenvalue weighted by Crippen LogP contribution is -1.98. The Balaban J connectivity index is 2.68. The van der Waals surface area contributed by atoms with Gasteiger partial charge in [-0.3, -0.25) is 0 Å². The lowest BCUT2D eigenvalue weighted by Gasteiger charge is -1.95. The first-order valence-corrected chi connectivity index (χ1v) is 5.97. The van der Waals surface area contributed by atoms with Crippen LogP contribution in [0.1, 0.15) is 13.3 Å². The molecular weight excluding hydrogens is 126 g/mol. The van der Waals surface area contributed by atoms with Crippen LogP contribution >= 0.6 is 17.2 Å². The first-order valence-electron chi connectivity index (χ1n) is 2.49. The standard InChI is InChI=1S/C4H12OP2/c1-4(5)2-3-7-6/h4-5,7H,2-3,6H2,1H3/p+1/t4-/m1/s1. The van der Waals surface area contributed by atoms with Gasteiger partial charge in [0.2, 0.25) is 0 Å². The predicted molar refractivity (Wildman–Crippen MR) is 40.6 cm³/mol. The fraction of sp³-hybridized carbons (Fsp3) is 1.00. The molecule has 0 aliphatic heterocycles. The van der Waals surface area contributed by atoms with Crippen LogP contribution in [0.15, 0.2) is 0 Å². The molecule has 3 heteroatoms. The Morgan fingerprint density at radius 2 is 2.43 bits per heavy atom. The molecule has 0 aromatic rings. The van der Waals surface area contributed by atoms with Gasteiger partial charge < -0.3 is 5.11 Å². The maximum atomic E-state index is 8.69. The van der Waals surface area contributed by atoms with E-state index in [0.717, 1.165) is 6.42 Å². The van der Waals surface area contributed by atoms with Crippen LogP contribution < -0.4 is 0 Å². The molecule has 44 valence electrons. The van der Waals surface area contributed by atoms with Gasteiger partial charge >= 0.3 is 0 Å². The zero-order chi connectivity index (χ0) is 5.70. The third-order valence-electron chi connectivity index (χ3n) is 0.751. The largest absolute Gasteiger partial charge is 0.393 e. The van der Waals surface area contributed by atoms with Crippen LogP contribution in [0.5, 0.6) is 0 Å². The van der Waals surface area contributed by atoms with Crippen LogP contribution in [-0.2, 0) is 0 Å². The molecule has 0 saturated heterocycles. The first kappa shape index (κ1) is 7.82. The summed E-state index contributed by atoms with van der Waals surface area (Å²) in [5.74, 6) is 0. The number of aliphatic hydroxyl groups excluding tert-OH is 1. The molecule has 1 nitrogen and oxygen atoms in total. The van der Waals surface area contributed by atoms with E-state index in [1.54, 1.807) is 0 Å². The first-order chi connectivity index (χ1) is 3.27. The van der Waals surface area contributed by atoms with Crippen molar-refractivity contribution in [3.05, 3.63) is 0 Å². The summed E-state index contributed by atoms with van der Waals surface area (Å²) < 4.78 is 0. The topological polar surface area (TPSA) is 20.2 Å². The van der Waals surface area contributed by atoms with Gasteiger partial charge in [-0.2, -0.15) is 0 Å². The van der Waals surface area contributed by atoms with Gasteiger partial charge in [0.1, 0.15) is 0 Å². The van der Waals surface area contributed by atoms with Crippen LogP contribution in [0.3, 0.4) is 0 Å². The molecule has 0 spiro atoms. The lowest BCUT2D eigenvalue weighted by atomic mass is 10.3. The molecule has 1 N–H and O–H groups in total. The SMILES string of the molecule is C[C@@H](O)CC[PH2+]P. The van der Waals surface area contributed by atoms with Crippen molar-refractivity contribution in [3.8, 4) is 0 Å². The molecule has 0 saturated carbocycles. The van der Waals surface area contributed by atoms with Crippen molar-refractivity contribution in [2.75, 3.05) is 6.16 Å². The van der Waals surface area contributed by atoms with Crippen LogP contribution in [0.4, 0.5) is 0 Å². The van der Waals surface area contributed by atoms with Gasteiger partial charge in [0.25, 0.3) is 0 Å². The maximum absolute atomic E-state index is 8.69. The van der Waals surface area contributed by atoms with E-state index in [4.69, 9.17) is 5.11 Å². The summed E-state index contributed by atoms with van der Waals surface area (Å²) in [5, 5.41) is 8.69. The second kappa shape index (κ2) is 4.97. The number of aliphatic hydroxyl groups is 1. The van der Waals surface area contributed by atoms with E-state index in [-0.39, 0.29) is 6.10 Å². The number of hydrogen-bond donors (Lipinski definition) is 1. The Morgan fingerprint density at radius 3 is 2.57 bits per heavy atom. The Kier molecular flexibility index (Phi) is 5.55. The summed E-state index contributed by atoms with van der Waals surface area (Å²) in [6, 6.07) is 0. The van der Waals surface area contributed by atoms with Crippen molar-refractivity contribution in [2.45, 2.75) is 19.4 Å². The quantitative estimate of drug-likeness (QED) is 0.577. The minimum atomic E-state index is -0.0898. The van der Waals surface area contributed by atoms with E-state index in [9.17, 15) is 0 Å². The van der Waals surface area contributed by atoms with Gasteiger partial charge in [-0.15, -0.1) is 0 Å². The molecule has 0 aliphatic carbocycles. The van der Waals surface area contributed by atoms with Gasteiger partial charge in [0.05, 0.1) is 12.3 Å². The third-order valence-corrected chi connectivity index (χ3v) is 2.42. The fourth-order valence-electron chi connectivity index (χ4n) is 0.337. The van der Waals surface area contributed by atoms with Gasteiger partial charge in [-0.25, -0.2) is 0 Å². The van der Waals surface area contributed by atoms with Crippen molar-refractivity contribution in [1.29, 1.82) is 0 Å². The van der Waals surface area contributed by atoms with Gasteiger partial charge in [-0.1, -0.05) is 0 Å². The zero-order valence-electron chi connectivity index (χ0n) is 4.59. The highest BCUT2D eigenvalue weighted by molar-refractivity contribution is 8.02. The van der Waals surface area contributed by atoms with E-state index in [1.165, 1.54) is 6.16 Å². The third kappa shape index (κ3) is 6.82. The Labute approximate surface area is 48.8 Å². The van der Waals surface area contributed by atoms with Crippen molar-refractivity contribution < 1.29 is 5.11 Å². The van der Waals surface area contributed by atoms with Crippen molar-refractivity contribution in [1.82, 2.24) is 0 Å². The molecule has 0 aromatic carbocycles. The van der Waals surface area contributed by atoms with E-state index >= 15 is 0 Å². The minimum Gasteiger partial charge on any atom is -0.393 e. The summed E-state index contributed by atoms with van der Waals surface area (Å²) in [6.07, 6.45) is 2.08. The summed E-state index contributed by atoms with van der Waals surface area (Å²) in [5.41, 5.74) is 0. The Morgan fingerprint density at radius 1 is 1.86 bits per heavy atom. The van der Waals surface area contributed by atoms with E-state index < -0.39 is 0 Å². The summed E-state index contributed by atoms with van der Waals surface area (Å²) >= 11 is 0. The molecule has 3 atom stereocenters. The van der Waals surface area contributed by atoms with Crippen molar-refractivity contribution in [2.24, 2.45) is 0 Å². The minimum absolute atomic E-state index is 0.0898. The average molecular weight is 139 g/mol. The number of hydrogen-bond acceptors (Lipinski definition) is 1. The second-order valence-electron chi connectivity index (χ2n) is 1.66. The smallest absolute Gasteiger partial charge is 0.0591 e. The average Bonchev–Trinajstić information content (AvgIpc) is 1.61. The molecule has 0 heterocycles. The fourth-order valence-corrected chi connectivity index (χ4v) is 1.59. The molecule has 0 rings (SSSR count). The molecule has 2 unspecified atom stereocenters. The molecule has 0 fully saturated rings. The summed E-state index contributed by atoms with van der Waals surface area (Å²) in [7, 11) is 3.23. The highest BCUT2D eigenvalue weighted by atomic mass is 32.0. The van der Waals surface area contributed by atoms with E-state index in [2.05, 4.69) is 8.93 Å². The molecule has 0 radical (unpaired) electrons. The summed E-state index contributed by atoms with van der Waals surface area (Å²) in [6.45, 7) is 1.83. The van der Waals surface area contributed by atoms with Crippen LogP contribution in [0, 0.1) is 0 Å². The molecule has 7 heavy (non-hydrogen) atoms. The Hall–Kier alpha value is 0.820. The van der Waals surface area contributed by atoms with Gasteiger partial charge in [0.15, 0.2) is 0 Å². The maximum Gasteiger partial charge on any atom is 0.0591 e. The molecule has 0 aliphatic rings. The van der Waals surface area contributed by atoms with Crippen LogP contribution in [0.2, 0.25) is 0 Å². The normalized spacial score (nSPS) is 15.9. The van der Waals surface area contributed by atoms with E-state index in [1.807, 2.05) is 6.92 Å². The highest BCUT2D eigenvalue weighted by Gasteiger charge is 1.93. The lowest BCUT2D eigenvalue weighted by molar-refractivity contribution is 0.192. The number of rotatable bonds is 3. The zero-order valence-corrected chi connectivity index (χ0v) is 6.90. The van der Waals surface area contributed by atoms with Crippen LogP contribution in [0.25, 0.3) is 0 Å². The molecule has 0 bridgehead atoms. The van der Waals surface area contributed by atoms with Crippen LogP contribution in [-0.4, -0.2) is 17.4 Å². The van der Waals surface area contributed by atoms with Gasteiger partial charge in [-0.05, 0) is 6.92 Å². The van der Waals surface area contributed by atoms with Gasteiger partial charge in [0, 0.05) is 23.6 Å². The summed E-state index contributed by atoms with van der Waals surface area (Å²) in [4.78, 5) is 0. The molecular formula is C4H13OP2+. The molecule has 0 aromatic heterocycles. The predicted octanol–water partition coefficient (Wildman–Crippen LogP) is 0.958. The van der Waals surface area contributed by atoms with E-state index in [0.29, 0.717) is 8.27 Å². The Bertz CT molecular complexity index is 38.7.